The van der Waals surface area contributed by atoms with Crippen molar-refractivity contribution in [1.29, 1.82) is 0 Å². The van der Waals surface area contributed by atoms with Gasteiger partial charge in [0.25, 0.3) is 0 Å². The van der Waals surface area contributed by atoms with E-state index in [1.807, 2.05) is 4.90 Å². The maximum atomic E-state index is 14.1. The molecule has 164 valence electrons. The number of nitrogens with two attached hydrogens (primary N) is 1. The molecule has 2 aromatic heterocycles. The van der Waals surface area contributed by atoms with E-state index in [9.17, 15) is 17.6 Å². The molecule has 1 fully saturated rings. The van der Waals surface area contributed by atoms with Crippen LogP contribution >= 0.6 is 0 Å². The fourth-order valence-electron chi connectivity index (χ4n) is 4.66. The first-order valence-electron chi connectivity index (χ1n) is 9.99. The van der Waals surface area contributed by atoms with Crippen LogP contribution in [0.2, 0.25) is 0 Å². The molecule has 6 rings (SSSR count). The maximum Gasteiger partial charge on any atom is 0.320 e. The molecule has 0 unspecified atom stereocenters. The van der Waals surface area contributed by atoms with Crippen LogP contribution in [0, 0.1) is 11.6 Å². The molecule has 0 radical (unpaired) electrons. The predicted octanol–water partition coefficient (Wildman–Crippen LogP) is 2.21. The molecule has 0 amide bonds. The van der Waals surface area contributed by atoms with E-state index in [4.69, 9.17) is 10.5 Å². The van der Waals surface area contributed by atoms with Gasteiger partial charge < -0.3 is 10.5 Å². The van der Waals surface area contributed by atoms with Crippen LogP contribution in [0.15, 0.2) is 18.2 Å². The van der Waals surface area contributed by atoms with Gasteiger partial charge in [0.05, 0.1) is 18.0 Å². The Morgan fingerprint density at radius 2 is 2.00 bits per heavy atom. The maximum absolute atomic E-state index is 14.1. The highest BCUT2D eigenvalue weighted by Gasteiger charge is 2.40. The summed E-state index contributed by atoms with van der Waals surface area (Å²) in [6.07, 6.45) is -0.300. The molecule has 31 heavy (non-hydrogen) atoms. The minimum atomic E-state index is -2.73. The summed E-state index contributed by atoms with van der Waals surface area (Å²) in [6.45, 7) is -1.22. The third kappa shape index (κ3) is 2.92. The Labute approximate surface area is 173 Å². The van der Waals surface area contributed by atoms with Crippen LogP contribution < -0.4 is 5.73 Å². The Hall–Kier alpha value is -2.70. The number of alkyl halides is 2. The summed E-state index contributed by atoms with van der Waals surface area (Å²) in [5.41, 5.74) is 7.39. The average molecular weight is 437 g/mol. The second kappa shape index (κ2) is 6.65. The molecule has 3 atom stereocenters. The Morgan fingerprint density at radius 1 is 1.16 bits per heavy atom. The molecule has 3 aliphatic heterocycles. The standard InChI is InChI=1S/C19H19F4N7O/c20-9-1-2-12(21)11(3-9)16-13(24)4-10(7-31-16)27-5-14-15(6-27)30(19(22)23)17(25-14)18-26-29-8-28(18)29/h1-3,10,13,16,19H,4-8,24H2/t10-,13+,16-,28?,29?/m1/s1. The zero-order valence-corrected chi connectivity index (χ0v) is 16.3. The van der Waals surface area contributed by atoms with E-state index < -0.39 is 30.3 Å². The van der Waals surface area contributed by atoms with Crippen LogP contribution in [-0.4, -0.2) is 47.7 Å². The van der Waals surface area contributed by atoms with Gasteiger partial charge in [-0.15, -0.1) is 5.10 Å². The van der Waals surface area contributed by atoms with Crippen LogP contribution in [-0.2, 0) is 24.5 Å². The number of rotatable bonds is 4. The number of hydrogen-bond acceptors (Lipinski definition) is 5. The van der Waals surface area contributed by atoms with Crippen molar-refractivity contribution >= 4 is 0 Å². The average Bonchev–Trinajstić information content (AvgIpc) is 3.04. The number of ether oxygens (including phenoxy) is 1. The Balaban J connectivity index is 1.19. The van der Waals surface area contributed by atoms with Crippen LogP contribution in [0.3, 0.4) is 0 Å². The lowest BCUT2D eigenvalue weighted by Gasteiger charge is -2.38. The first-order valence-corrected chi connectivity index (χ1v) is 9.99. The van der Waals surface area contributed by atoms with Gasteiger partial charge >= 0.3 is 6.55 Å². The molecule has 0 saturated carbocycles. The molecule has 1 saturated heterocycles. The fraction of sp³-hybridized carbons (Fsp3) is 0.474. The molecule has 0 spiro atoms. The number of hydrogen-bond donors (Lipinski definition) is 1. The third-order valence-corrected chi connectivity index (χ3v) is 6.28. The highest BCUT2D eigenvalue weighted by molar-refractivity contribution is 5.49. The van der Waals surface area contributed by atoms with Crippen molar-refractivity contribution in [2.45, 2.75) is 50.9 Å². The molecule has 1 aromatic carbocycles. The van der Waals surface area contributed by atoms with Crippen molar-refractivity contribution in [2.75, 3.05) is 6.61 Å². The van der Waals surface area contributed by atoms with Crippen LogP contribution in [0.25, 0.3) is 11.6 Å². The first kappa shape index (κ1) is 19.0. The summed E-state index contributed by atoms with van der Waals surface area (Å²) in [5.74, 6) is -0.478. The second-order valence-corrected chi connectivity index (χ2v) is 8.19. The number of halogens is 4. The van der Waals surface area contributed by atoms with Gasteiger partial charge in [-0.3, -0.25) is 9.47 Å². The summed E-state index contributed by atoms with van der Waals surface area (Å²) < 4.78 is 63.9. The van der Waals surface area contributed by atoms with Gasteiger partial charge in [-0.2, -0.15) is 13.6 Å². The molecule has 12 heteroatoms. The lowest BCUT2D eigenvalue weighted by atomic mass is 9.93. The minimum Gasteiger partial charge on any atom is -0.370 e. The van der Waals surface area contributed by atoms with E-state index in [0.29, 0.717) is 36.8 Å². The highest BCUT2D eigenvalue weighted by atomic mass is 19.3. The van der Waals surface area contributed by atoms with Gasteiger partial charge in [0.15, 0.2) is 12.5 Å². The van der Waals surface area contributed by atoms with E-state index in [1.54, 1.807) is 9.48 Å². The van der Waals surface area contributed by atoms with Gasteiger partial charge in [0.2, 0.25) is 5.82 Å². The van der Waals surface area contributed by atoms with Gasteiger partial charge in [0.1, 0.15) is 17.7 Å². The van der Waals surface area contributed by atoms with Crippen molar-refractivity contribution in [3.05, 3.63) is 46.8 Å². The zero-order chi connectivity index (χ0) is 21.4. The summed E-state index contributed by atoms with van der Waals surface area (Å²) in [6, 6.07) is 2.50. The predicted molar refractivity (Wildman–Crippen MR) is 98.8 cm³/mol. The van der Waals surface area contributed by atoms with Crippen LogP contribution in [0.4, 0.5) is 17.6 Å². The monoisotopic (exact) mass is 437 g/mol. The topological polar surface area (TPSA) is 79.1 Å². The van der Waals surface area contributed by atoms with E-state index in [1.165, 1.54) is 0 Å². The number of benzene rings is 1. The first-order chi connectivity index (χ1) is 14.9. The summed E-state index contributed by atoms with van der Waals surface area (Å²) in [4.78, 5) is 8.09. The van der Waals surface area contributed by atoms with Crippen molar-refractivity contribution in [3.8, 4) is 11.6 Å². The zero-order valence-electron chi connectivity index (χ0n) is 16.3. The summed E-state index contributed by atoms with van der Waals surface area (Å²) >= 11 is 0. The highest BCUT2D eigenvalue weighted by Crippen LogP contribution is 2.38. The lowest BCUT2D eigenvalue weighted by molar-refractivity contribution is -0.0538. The van der Waals surface area contributed by atoms with Crippen LogP contribution in [0.5, 0.6) is 0 Å². The molecule has 3 aromatic rings. The normalized spacial score (nSPS) is 25.3. The van der Waals surface area contributed by atoms with Crippen molar-refractivity contribution in [3.63, 3.8) is 0 Å². The number of aromatic nitrogens is 5. The molecule has 3 aliphatic rings. The largest absolute Gasteiger partial charge is 0.370 e. The Morgan fingerprint density at radius 3 is 2.68 bits per heavy atom. The van der Waals surface area contributed by atoms with E-state index in [-0.39, 0.29) is 30.6 Å². The van der Waals surface area contributed by atoms with Crippen molar-refractivity contribution in [1.82, 2.24) is 29.0 Å². The van der Waals surface area contributed by atoms with E-state index in [0.717, 1.165) is 22.8 Å². The van der Waals surface area contributed by atoms with E-state index in [2.05, 4.69) is 10.1 Å². The molecular formula is C19H19F4N7O. The smallest absolute Gasteiger partial charge is 0.320 e. The fourth-order valence-corrected chi connectivity index (χ4v) is 4.66. The second-order valence-electron chi connectivity index (χ2n) is 8.19. The molecule has 0 bridgehead atoms. The summed E-state index contributed by atoms with van der Waals surface area (Å²) in [5, 5.41) is 4.14. The molecule has 5 heterocycles. The molecule has 8 nitrogen and oxygen atoms in total. The molecule has 2 N–H and O–H groups in total. The van der Waals surface area contributed by atoms with E-state index >= 15 is 0 Å². The SMILES string of the molecule is N[C@H]1C[C@@H](N2Cc3nc(-c4nn5n4C5)n(C(F)F)c3C2)CO[C@@H]1c1cc(F)ccc1F. The van der Waals surface area contributed by atoms with Crippen molar-refractivity contribution < 1.29 is 22.3 Å². The van der Waals surface area contributed by atoms with Gasteiger partial charge in [-0.05, 0) is 24.6 Å². The minimum absolute atomic E-state index is 0.0940. The number of imidazole rings is 1. The van der Waals surface area contributed by atoms with Gasteiger partial charge in [-0.25, -0.2) is 18.4 Å². The molecular weight excluding hydrogens is 418 g/mol. The number of nitrogens with zero attached hydrogens (tertiary/aromatic N) is 6. The van der Waals surface area contributed by atoms with Gasteiger partial charge in [0, 0.05) is 30.7 Å². The Kier molecular flexibility index (Phi) is 4.08. The number of fused-ring (bicyclic) bond motifs is 2. The van der Waals surface area contributed by atoms with Crippen LogP contribution in [0.1, 0.15) is 36.0 Å². The van der Waals surface area contributed by atoms with Crippen molar-refractivity contribution in [2.24, 2.45) is 5.73 Å². The Bertz CT molecular complexity index is 1170. The third-order valence-electron chi connectivity index (χ3n) is 6.28. The van der Waals surface area contributed by atoms with Gasteiger partial charge in [-0.1, -0.05) is 0 Å². The quantitative estimate of drug-likeness (QED) is 0.496. The summed E-state index contributed by atoms with van der Waals surface area (Å²) in [7, 11) is 0. The lowest BCUT2D eigenvalue weighted by Crippen LogP contribution is -2.47. The molecule has 0 aliphatic carbocycles.